The average molecular weight is 349 g/mol. The second-order valence-electron chi connectivity index (χ2n) is 6.91. The van der Waals surface area contributed by atoms with E-state index in [1.807, 2.05) is 20.2 Å². The van der Waals surface area contributed by atoms with Crippen LogP contribution in [0.5, 0.6) is 0 Å². The van der Waals surface area contributed by atoms with E-state index in [9.17, 15) is 5.11 Å². The van der Waals surface area contributed by atoms with Crippen LogP contribution in [0.15, 0.2) is 36.5 Å². The Bertz CT molecular complexity index is 655. The summed E-state index contributed by atoms with van der Waals surface area (Å²) < 4.78 is 1.79. The zero-order valence-corrected chi connectivity index (χ0v) is 15.1. The lowest BCUT2D eigenvalue weighted by molar-refractivity contribution is 0.0157. The number of rotatable bonds is 6. The van der Waals surface area contributed by atoms with Crippen LogP contribution in [-0.4, -0.2) is 57.0 Å². The Morgan fingerprint density at radius 2 is 2.08 bits per heavy atom. The third kappa shape index (κ3) is 4.16. The highest BCUT2D eigenvalue weighted by Crippen LogP contribution is 2.25. The van der Waals surface area contributed by atoms with Crippen molar-refractivity contribution < 1.29 is 5.11 Å². The van der Waals surface area contributed by atoms with E-state index in [1.54, 1.807) is 10.9 Å². The van der Waals surface area contributed by atoms with Crippen LogP contribution in [0.4, 0.5) is 0 Å². The van der Waals surface area contributed by atoms with Crippen molar-refractivity contribution in [2.75, 3.05) is 26.7 Å². The van der Waals surface area contributed by atoms with Crippen molar-refractivity contribution in [1.29, 1.82) is 0 Å². The summed E-state index contributed by atoms with van der Waals surface area (Å²) in [5.74, 6) is 0. The van der Waals surface area contributed by atoms with E-state index in [2.05, 4.69) is 39.2 Å². The number of likely N-dealkylation sites (N-methyl/N-ethyl adjacent to an activating group) is 1. The van der Waals surface area contributed by atoms with Gasteiger partial charge in [-0.3, -0.25) is 14.5 Å². The van der Waals surface area contributed by atoms with Gasteiger partial charge in [-0.15, -0.1) is 0 Å². The van der Waals surface area contributed by atoms with Gasteiger partial charge >= 0.3 is 0 Å². The minimum Gasteiger partial charge on any atom is -0.387 e. The van der Waals surface area contributed by atoms with Crippen LogP contribution in [0.25, 0.3) is 0 Å². The molecule has 0 unspecified atom stereocenters. The summed E-state index contributed by atoms with van der Waals surface area (Å²) >= 11 is 6.17. The van der Waals surface area contributed by atoms with Gasteiger partial charge in [0.1, 0.15) is 0 Å². The summed E-state index contributed by atoms with van der Waals surface area (Å²) in [6.45, 7) is 3.81. The fraction of sp³-hybridized carbons (Fsp3) is 0.500. The quantitative estimate of drug-likeness (QED) is 0.868. The zero-order chi connectivity index (χ0) is 17.2. The van der Waals surface area contributed by atoms with Crippen LogP contribution >= 0.6 is 11.6 Å². The fourth-order valence-corrected chi connectivity index (χ4v) is 3.70. The van der Waals surface area contributed by atoms with Gasteiger partial charge in [-0.05, 0) is 19.0 Å². The summed E-state index contributed by atoms with van der Waals surface area (Å²) in [7, 11) is 3.90. The molecule has 0 radical (unpaired) electrons. The molecule has 0 bridgehead atoms. The maximum Gasteiger partial charge on any atom is 0.0912 e. The van der Waals surface area contributed by atoms with Gasteiger partial charge in [0.15, 0.2) is 0 Å². The minimum absolute atomic E-state index is 0.625. The summed E-state index contributed by atoms with van der Waals surface area (Å²) in [6.07, 6.45) is 2.46. The highest BCUT2D eigenvalue weighted by Gasteiger charge is 2.36. The number of hydrogen-bond acceptors (Lipinski definition) is 4. The molecule has 5 nitrogen and oxygen atoms in total. The van der Waals surface area contributed by atoms with Gasteiger partial charge in [-0.25, -0.2) is 0 Å². The Morgan fingerprint density at radius 1 is 1.33 bits per heavy atom. The summed E-state index contributed by atoms with van der Waals surface area (Å²) in [5.41, 5.74) is 1.59. The number of likely N-dealkylation sites (tertiary alicyclic amines) is 1. The maximum atomic E-state index is 10.9. The first-order chi connectivity index (χ1) is 11.5. The van der Waals surface area contributed by atoms with E-state index in [0.717, 1.165) is 25.2 Å². The van der Waals surface area contributed by atoms with Gasteiger partial charge in [0.05, 0.1) is 22.5 Å². The minimum atomic E-state index is -0.672. The first-order valence-electron chi connectivity index (χ1n) is 8.29. The number of benzene rings is 1. The first-order valence-corrected chi connectivity index (χ1v) is 8.67. The second-order valence-corrected chi connectivity index (χ2v) is 7.31. The number of nitrogens with zero attached hydrogens (tertiary/aromatic N) is 4. The zero-order valence-electron chi connectivity index (χ0n) is 14.3. The smallest absolute Gasteiger partial charge is 0.0912 e. The number of aliphatic hydroxyl groups is 1. The number of aromatic nitrogens is 2. The van der Waals surface area contributed by atoms with Crippen molar-refractivity contribution >= 4 is 11.6 Å². The molecule has 1 saturated heterocycles. The Labute approximate surface area is 148 Å². The monoisotopic (exact) mass is 348 g/mol. The third-order valence-electron chi connectivity index (χ3n) is 4.65. The molecule has 0 amide bonds. The molecule has 1 atom stereocenters. The van der Waals surface area contributed by atoms with Crippen molar-refractivity contribution in [3.05, 3.63) is 52.8 Å². The number of aryl methyl sites for hydroxylation is 1. The molecule has 0 spiro atoms. The van der Waals surface area contributed by atoms with Crippen molar-refractivity contribution in [3.8, 4) is 0 Å². The van der Waals surface area contributed by atoms with Crippen LogP contribution in [0.1, 0.15) is 17.7 Å². The first kappa shape index (κ1) is 17.4. The largest absolute Gasteiger partial charge is 0.387 e. The Kier molecular flexibility index (Phi) is 5.25. The summed E-state index contributed by atoms with van der Waals surface area (Å²) in [5, 5.41) is 15.8. The molecule has 1 aromatic heterocycles. The van der Waals surface area contributed by atoms with E-state index >= 15 is 0 Å². The highest BCUT2D eigenvalue weighted by molar-refractivity contribution is 6.31. The molecule has 6 heteroatoms. The molecular formula is C18H25ClN4O. The Balaban J connectivity index is 1.55. The lowest BCUT2D eigenvalue weighted by Gasteiger charge is -2.29. The van der Waals surface area contributed by atoms with Crippen LogP contribution in [-0.2, 0) is 20.1 Å². The molecule has 130 valence electrons. The average Bonchev–Trinajstić information content (AvgIpc) is 3.05. The molecule has 0 saturated carbocycles. The summed E-state index contributed by atoms with van der Waals surface area (Å²) in [4.78, 5) is 4.44. The van der Waals surface area contributed by atoms with Crippen molar-refractivity contribution in [3.63, 3.8) is 0 Å². The molecule has 2 heterocycles. The number of β-amino-alcohol motifs (C(OH)–C–C–N with tert-alkyl or cyclic N) is 1. The van der Waals surface area contributed by atoms with Crippen LogP contribution in [0, 0.1) is 0 Å². The SMILES string of the molecule is CN(Cc1c(Cl)cnn1C)C[C@@]1(O)CCN(Cc2ccccc2)C1. The molecular weight excluding hydrogens is 324 g/mol. The molecule has 0 aliphatic carbocycles. The van der Waals surface area contributed by atoms with Crippen LogP contribution in [0.3, 0.4) is 0 Å². The summed E-state index contributed by atoms with van der Waals surface area (Å²) in [6, 6.07) is 10.4. The lowest BCUT2D eigenvalue weighted by Crippen LogP contribution is -2.43. The number of hydrogen-bond donors (Lipinski definition) is 1. The van der Waals surface area contributed by atoms with Gasteiger partial charge < -0.3 is 5.11 Å². The van der Waals surface area contributed by atoms with E-state index < -0.39 is 5.60 Å². The van der Waals surface area contributed by atoms with Gasteiger partial charge in [0.25, 0.3) is 0 Å². The van der Waals surface area contributed by atoms with E-state index in [-0.39, 0.29) is 0 Å². The topological polar surface area (TPSA) is 44.5 Å². The van der Waals surface area contributed by atoms with Crippen LogP contribution in [0.2, 0.25) is 5.02 Å². The van der Waals surface area contributed by atoms with Gasteiger partial charge in [-0.1, -0.05) is 41.9 Å². The predicted octanol–water partition coefficient (Wildman–Crippen LogP) is 2.14. The van der Waals surface area contributed by atoms with E-state index in [4.69, 9.17) is 11.6 Å². The number of halogens is 1. The van der Waals surface area contributed by atoms with Crippen molar-refractivity contribution in [1.82, 2.24) is 19.6 Å². The van der Waals surface area contributed by atoms with E-state index in [0.29, 0.717) is 24.7 Å². The molecule has 1 aliphatic heterocycles. The van der Waals surface area contributed by atoms with Crippen LogP contribution < -0.4 is 0 Å². The molecule has 3 rings (SSSR count). The van der Waals surface area contributed by atoms with Crippen molar-refractivity contribution in [2.45, 2.75) is 25.1 Å². The molecule has 1 fully saturated rings. The fourth-order valence-electron chi connectivity index (χ4n) is 3.47. The Hall–Kier alpha value is -1.40. The standard InChI is InChI=1S/C18H25ClN4O/c1-21(12-17-16(19)10-20-22(17)2)13-18(24)8-9-23(14-18)11-15-6-4-3-5-7-15/h3-7,10,24H,8-9,11-14H2,1-2H3/t18-/m0/s1. The maximum absolute atomic E-state index is 10.9. The highest BCUT2D eigenvalue weighted by atomic mass is 35.5. The predicted molar refractivity (Wildman–Crippen MR) is 95.8 cm³/mol. The van der Waals surface area contributed by atoms with Gasteiger partial charge in [0, 0.05) is 39.8 Å². The van der Waals surface area contributed by atoms with E-state index in [1.165, 1.54) is 5.56 Å². The second kappa shape index (κ2) is 7.23. The molecule has 1 aliphatic rings. The Morgan fingerprint density at radius 3 is 2.75 bits per heavy atom. The molecule has 1 aromatic carbocycles. The van der Waals surface area contributed by atoms with Gasteiger partial charge in [-0.2, -0.15) is 5.10 Å². The molecule has 2 aromatic rings. The lowest BCUT2D eigenvalue weighted by atomic mass is 10.0. The van der Waals surface area contributed by atoms with Crippen molar-refractivity contribution in [2.24, 2.45) is 7.05 Å². The normalized spacial score (nSPS) is 21.7. The van der Waals surface area contributed by atoms with Gasteiger partial charge in [0.2, 0.25) is 0 Å². The molecule has 24 heavy (non-hydrogen) atoms. The third-order valence-corrected chi connectivity index (χ3v) is 4.97. The molecule has 1 N–H and O–H groups in total.